The minimum absolute atomic E-state index is 0.0994. The quantitative estimate of drug-likeness (QED) is 0.776. The van der Waals surface area contributed by atoms with E-state index in [0.29, 0.717) is 5.95 Å². The summed E-state index contributed by atoms with van der Waals surface area (Å²) in [6.07, 6.45) is 3.20. The standard InChI is InChI=1S/C13H20N4O3/c1-2-20-10(18)8-9-11(14)15-13(16-12(9)19)17-6-4-3-5-7-17/h2-8H2,1H3,(H3,14,15,16,19). The lowest BCUT2D eigenvalue weighted by molar-refractivity contribution is -0.142. The second-order valence-corrected chi connectivity index (χ2v) is 4.78. The van der Waals surface area contributed by atoms with Crippen LogP contribution in [0.4, 0.5) is 11.8 Å². The van der Waals surface area contributed by atoms with Crippen LogP contribution in [0.3, 0.4) is 0 Å². The molecular weight excluding hydrogens is 260 g/mol. The number of ether oxygens (including phenoxy) is 1. The number of carbonyl (C=O) groups is 1. The molecule has 7 heteroatoms. The monoisotopic (exact) mass is 280 g/mol. The molecule has 110 valence electrons. The van der Waals surface area contributed by atoms with Crippen molar-refractivity contribution < 1.29 is 9.53 Å². The number of aromatic nitrogens is 2. The number of hydrogen-bond donors (Lipinski definition) is 2. The van der Waals surface area contributed by atoms with E-state index in [1.54, 1.807) is 6.92 Å². The van der Waals surface area contributed by atoms with Crippen LogP contribution in [0.25, 0.3) is 0 Å². The molecule has 0 saturated carbocycles. The average molecular weight is 280 g/mol. The fourth-order valence-electron chi connectivity index (χ4n) is 2.29. The van der Waals surface area contributed by atoms with Crippen molar-refractivity contribution in [1.29, 1.82) is 0 Å². The van der Waals surface area contributed by atoms with Crippen LogP contribution >= 0.6 is 0 Å². The van der Waals surface area contributed by atoms with Gasteiger partial charge in [0, 0.05) is 13.1 Å². The van der Waals surface area contributed by atoms with E-state index in [1.807, 2.05) is 4.90 Å². The number of piperidine rings is 1. The molecule has 1 aromatic rings. The van der Waals surface area contributed by atoms with Crippen LogP contribution in [-0.4, -0.2) is 35.6 Å². The molecule has 0 spiro atoms. The van der Waals surface area contributed by atoms with E-state index in [1.165, 1.54) is 6.42 Å². The molecule has 7 nitrogen and oxygen atoms in total. The number of nitrogens with one attached hydrogen (secondary N) is 1. The molecule has 0 bridgehead atoms. The Morgan fingerprint density at radius 2 is 2.10 bits per heavy atom. The zero-order valence-electron chi connectivity index (χ0n) is 11.6. The SMILES string of the molecule is CCOC(=O)Cc1c(N)nc(N2CCCCC2)[nH]c1=O. The lowest BCUT2D eigenvalue weighted by Crippen LogP contribution is -2.33. The van der Waals surface area contributed by atoms with E-state index in [0.717, 1.165) is 25.9 Å². The number of nitrogen functional groups attached to an aromatic ring is 1. The molecule has 1 aliphatic rings. The fraction of sp³-hybridized carbons (Fsp3) is 0.615. The molecule has 1 aliphatic heterocycles. The van der Waals surface area contributed by atoms with Crippen molar-refractivity contribution in [3.63, 3.8) is 0 Å². The van der Waals surface area contributed by atoms with Crippen molar-refractivity contribution >= 4 is 17.7 Å². The number of esters is 1. The first-order valence-corrected chi connectivity index (χ1v) is 6.91. The van der Waals surface area contributed by atoms with Gasteiger partial charge in [0.1, 0.15) is 5.82 Å². The Balaban J connectivity index is 2.20. The highest BCUT2D eigenvalue weighted by Gasteiger charge is 2.18. The summed E-state index contributed by atoms with van der Waals surface area (Å²) in [4.78, 5) is 32.4. The molecule has 0 atom stereocenters. The molecule has 2 rings (SSSR count). The molecule has 0 aromatic carbocycles. The molecule has 0 radical (unpaired) electrons. The molecule has 1 saturated heterocycles. The molecule has 1 fully saturated rings. The first-order chi connectivity index (χ1) is 9.61. The van der Waals surface area contributed by atoms with E-state index < -0.39 is 5.97 Å². The Kier molecular flexibility index (Phi) is 4.60. The highest BCUT2D eigenvalue weighted by atomic mass is 16.5. The molecule has 0 unspecified atom stereocenters. The van der Waals surface area contributed by atoms with Gasteiger partial charge in [-0.2, -0.15) is 4.98 Å². The van der Waals surface area contributed by atoms with Crippen LogP contribution in [0.1, 0.15) is 31.7 Å². The van der Waals surface area contributed by atoms with E-state index in [-0.39, 0.29) is 30.0 Å². The van der Waals surface area contributed by atoms with Crippen LogP contribution in [0.5, 0.6) is 0 Å². The van der Waals surface area contributed by atoms with Crippen molar-refractivity contribution in [3.8, 4) is 0 Å². The highest BCUT2D eigenvalue weighted by molar-refractivity contribution is 5.74. The number of rotatable bonds is 4. The maximum absolute atomic E-state index is 12.0. The van der Waals surface area contributed by atoms with Crippen molar-refractivity contribution in [1.82, 2.24) is 9.97 Å². The number of anilines is 2. The Morgan fingerprint density at radius 1 is 1.40 bits per heavy atom. The van der Waals surface area contributed by atoms with Gasteiger partial charge in [-0.15, -0.1) is 0 Å². The van der Waals surface area contributed by atoms with Crippen molar-refractivity contribution in [2.24, 2.45) is 0 Å². The number of H-pyrrole nitrogens is 1. The van der Waals surface area contributed by atoms with Gasteiger partial charge in [-0.05, 0) is 26.2 Å². The summed E-state index contributed by atoms with van der Waals surface area (Å²) in [5, 5.41) is 0. The summed E-state index contributed by atoms with van der Waals surface area (Å²) >= 11 is 0. The summed E-state index contributed by atoms with van der Waals surface area (Å²) in [7, 11) is 0. The second-order valence-electron chi connectivity index (χ2n) is 4.78. The topological polar surface area (TPSA) is 101 Å². The number of nitrogens with zero attached hydrogens (tertiary/aromatic N) is 2. The van der Waals surface area contributed by atoms with Gasteiger partial charge in [0.25, 0.3) is 5.56 Å². The smallest absolute Gasteiger partial charge is 0.310 e. The highest BCUT2D eigenvalue weighted by Crippen LogP contribution is 2.16. The third-order valence-corrected chi connectivity index (χ3v) is 3.32. The van der Waals surface area contributed by atoms with Crippen LogP contribution in [0, 0.1) is 0 Å². The molecule has 0 amide bonds. The van der Waals surface area contributed by atoms with Gasteiger partial charge in [-0.25, -0.2) is 0 Å². The maximum Gasteiger partial charge on any atom is 0.310 e. The summed E-state index contributed by atoms with van der Waals surface area (Å²) in [6.45, 7) is 3.71. The second kappa shape index (κ2) is 6.40. The Labute approximate surface area is 117 Å². The van der Waals surface area contributed by atoms with Gasteiger partial charge in [0.2, 0.25) is 5.95 Å². The van der Waals surface area contributed by atoms with Gasteiger partial charge >= 0.3 is 5.97 Å². The first kappa shape index (κ1) is 14.4. The number of aromatic amines is 1. The van der Waals surface area contributed by atoms with E-state index in [4.69, 9.17) is 10.5 Å². The van der Waals surface area contributed by atoms with Crippen LogP contribution in [0.2, 0.25) is 0 Å². The lowest BCUT2D eigenvalue weighted by atomic mass is 10.1. The summed E-state index contributed by atoms with van der Waals surface area (Å²) in [5.74, 6) is 0.111. The Bertz CT molecular complexity index is 535. The van der Waals surface area contributed by atoms with Crippen LogP contribution in [0.15, 0.2) is 4.79 Å². The molecule has 1 aromatic heterocycles. The summed E-state index contributed by atoms with van der Waals surface area (Å²) in [5.41, 5.74) is 5.61. The van der Waals surface area contributed by atoms with E-state index in [2.05, 4.69) is 9.97 Å². The maximum atomic E-state index is 12.0. The molecule has 0 aliphatic carbocycles. The zero-order chi connectivity index (χ0) is 14.5. The predicted octanol–water partition coefficient (Wildman–Crippen LogP) is 0.448. The minimum Gasteiger partial charge on any atom is -0.466 e. The van der Waals surface area contributed by atoms with Crippen molar-refractivity contribution in [3.05, 3.63) is 15.9 Å². The van der Waals surface area contributed by atoms with Gasteiger partial charge in [0.15, 0.2) is 0 Å². The van der Waals surface area contributed by atoms with E-state index >= 15 is 0 Å². The van der Waals surface area contributed by atoms with Gasteiger partial charge in [-0.1, -0.05) is 0 Å². The summed E-state index contributed by atoms with van der Waals surface area (Å²) in [6, 6.07) is 0. The van der Waals surface area contributed by atoms with Crippen molar-refractivity contribution in [2.45, 2.75) is 32.6 Å². The molecular formula is C13H20N4O3. The fourth-order valence-corrected chi connectivity index (χ4v) is 2.29. The predicted molar refractivity (Wildman–Crippen MR) is 75.7 cm³/mol. The number of nitrogens with two attached hydrogens (primary N) is 1. The van der Waals surface area contributed by atoms with Gasteiger partial charge in [-0.3, -0.25) is 14.6 Å². The summed E-state index contributed by atoms with van der Waals surface area (Å²) < 4.78 is 4.82. The Hall–Kier alpha value is -2.05. The molecule has 2 heterocycles. The first-order valence-electron chi connectivity index (χ1n) is 6.91. The van der Waals surface area contributed by atoms with Crippen molar-refractivity contribution in [2.75, 3.05) is 30.3 Å². The normalized spacial score (nSPS) is 15.2. The molecule has 3 N–H and O–H groups in total. The number of carbonyl (C=O) groups excluding carboxylic acids is 1. The third kappa shape index (κ3) is 3.28. The average Bonchev–Trinajstić information content (AvgIpc) is 2.44. The van der Waals surface area contributed by atoms with Gasteiger partial charge in [0.05, 0.1) is 18.6 Å². The molecule has 20 heavy (non-hydrogen) atoms. The lowest BCUT2D eigenvalue weighted by Gasteiger charge is -2.27. The van der Waals surface area contributed by atoms with Crippen LogP contribution < -0.4 is 16.2 Å². The van der Waals surface area contributed by atoms with Crippen LogP contribution in [-0.2, 0) is 16.0 Å². The van der Waals surface area contributed by atoms with Gasteiger partial charge < -0.3 is 15.4 Å². The number of hydrogen-bond acceptors (Lipinski definition) is 6. The van der Waals surface area contributed by atoms with E-state index in [9.17, 15) is 9.59 Å². The Morgan fingerprint density at radius 3 is 2.70 bits per heavy atom. The minimum atomic E-state index is -0.475. The largest absolute Gasteiger partial charge is 0.466 e. The zero-order valence-corrected chi connectivity index (χ0v) is 11.6. The third-order valence-electron chi connectivity index (χ3n) is 3.32.